The van der Waals surface area contributed by atoms with Gasteiger partial charge in [-0.1, -0.05) is 13.8 Å². The number of aryl methyl sites for hydroxylation is 2. The molecule has 0 spiro atoms. The van der Waals surface area contributed by atoms with Crippen LogP contribution in [0.3, 0.4) is 0 Å². The molecule has 3 atom stereocenters. The molecule has 1 fully saturated rings. The molecule has 1 aromatic heterocycles. The first-order valence-electron chi connectivity index (χ1n) is 6.96. The molecule has 3 unspecified atom stereocenters. The second-order valence-corrected chi connectivity index (χ2v) is 6.27. The van der Waals surface area contributed by atoms with Gasteiger partial charge in [0.05, 0.1) is 15.9 Å². The summed E-state index contributed by atoms with van der Waals surface area (Å²) in [6.45, 7) is 4.54. The van der Waals surface area contributed by atoms with Crippen molar-refractivity contribution < 1.29 is 0 Å². The first-order valence-corrected chi connectivity index (χ1v) is 7.75. The van der Waals surface area contributed by atoms with E-state index in [4.69, 9.17) is 0 Å². The third-order valence-electron chi connectivity index (χ3n) is 4.56. The second-order valence-electron chi connectivity index (χ2n) is 5.48. The summed E-state index contributed by atoms with van der Waals surface area (Å²) in [6.07, 6.45) is 4.77. The summed E-state index contributed by atoms with van der Waals surface area (Å²) in [6, 6.07) is 0.688. The Hall–Kier alpha value is -0.350. The van der Waals surface area contributed by atoms with E-state index in [9.17, 15) is 0 Å². The third-order valence-corrected chi connectivity index (χ3v) is 5.47. The topological polar surface area (TPSA) is 29.9 Å². The standard InChI is InChI=1S/C14H24BrN3/c1-5-11-14(15)13(18(4)17-11)8-10-6-7-12(16-3)9(10)2/h9-10,12,16H,5-8H2,1-4H3. The summed E-state index contributed by atoms with van der Waals surface area (Å²) < 4.78 is 3.29. The van der Waals surface area contributed by atoms with Gasteiger partial charge < -0.3 is 5.32 Å². The van der Waals surface area contributed by atoms with Crippen LogP contribution in [0.15, 0.2) is 4.47 Å². The minimum atomic E-state index is 0.688. The first kappa shape index (κ1) is 14.1. The molecule has 0 saturated heterocycles. The molecule has 102 valence electrons. The van der Waals surface area contributed by atoms with E-state index in [1.54, 1.807) is 0 Å². The highest BCUT2D eigenvalue weighted by Crippen LogP contribution is 2.36. The Morgan fingerprint density at radius 1 is 1.44 bits per heavy atom. The van der Waals surface area contributed by atoms with Gasteiger partial charge in [0.1, 0.15) is 0 Å². The number of hydrogen-bond donors (Lipinski definition) is 1. The van der Waals surface area contributed by atoms with Gasteiger partial charge in [0.2, 0.25) is 0 Å². The van der Waals surface area contributed by atoms with Gasteiger partial charge in [0.15, 0.2) is 0 Å². The van der Waals surface area contributed by atoms with Crippen molar-refractivity contribution in [2.24, 2.45) is 18.9 Å². The molecule has 0 amide bonds. The average molecular weight is 314 g/mol. The summed E-state index contributed by atoms with van der Waals surface area (Å²) in [4.78, 5) is 0. The van der Waals surface area contributed by atoms with E-state index in [1.807, 2.05) is 0 Å². The number of hydrogen-bond acceptors (Lipinski definition) is 2. The van der Waals surface area contributed by atoms with Crippen LogP contribution in [0.1, 0.15) is 38.1 Å². The van der Waals surface area contributed by atoms with Crippen LogP contribution in [0.2, 0.25) is 0 Å². The molecule has 1 saturated carbocycles. The number of halogens is 1. The number of aromatic nitrogens is 2. The van der Waals surface area contributed by atoms with Crippen LogP contribution in [-0.4, -0.2) is 22.9 Å². The van der Waals surface area contributed by atoms with Gasteiger partial charge in [-0.05, 0) is 60.5 Å². The molecule has 18 heavy (non-hydrogen) atoms. The van der Waals surface area contributed by atoms with Crippen molar-refractivity contribution in [2.75, 3.05) is 7.05 Å². The zero-order chi connectivity index (χ0) is 13.3. The number of rotatable bonds is 4. The van der Waals surface area contributed by atoms with Crippen LogP contribution in [0, 0.1) is 11.8 Å². The molecule has 1 N–H and O–H groups in total. The molecule has 3 nitrogen and oxygen atoms in total. The maximum absolute atomic E-state index is 4.59. The van der Waals surface area contributed by atoms with E-state index in [1.165, 1.54) is 28.7 Å². The lowest BCUT2D eigenvalue weighted by Crippen LogP contribution is -2.30. The summed E-state index contributed by atoms with van der Waals surface area (Å²) in [5.74, 6) is 1.53. The molecule has 1 heterocycles. The molecule has 1 aliphatic carbocycles. The van der Waals surface area contributed by atoms with Gasteiger partial charge >= 0.3 is 0 Å². The van der Waals surface area contributed by atoms with Crippen molar-refractivity contribution in [3.05, 3.63) is 15.9 Å². The number of nitrogens with zero attached hydrogens (tertiary/aromatic N) is 2. The normalized spacial score (nSPS) is 27.9. The molecular formula is C14H24BrN3. The van der Waals surface area contributed by atoms with E-state index in [0.29, 0.717) is 6.04 Å². The smallest absolute Gasteiger partial charge is 0.0766 e. The number of nitrogens with one attached hydrogen (secondary N) is 1. The maximum Gasteiger partial charge on any atom is 0.0766 e. The SMILES string of the molecule is CCc1nn(C)c(CC2CCC(NC)C2C)c1Br. The van der Waals surface area contributed by atoms with Crippen LogP contribution in [0.25, 0.3) is 0 Å². The van der Waals surface area contributed by atoms with Gasteiger partial charge in [-0.15, -0.1) is 0 Å². The fraction of sp³-hybridized carbons (Fsp3) is 0.786. The minimum absolute atomic E-state index is 0.688. The van der Waals surface area contributed by atoms with Crippen molar-refractivity contribution >= 4 is 15.9 Å². The molecule has 1 aliphatic rings. The molecule has 4 heteroatoms. The van der Waals surface area contributed by atoms with E-state index in [-0.39, 0.29) is 0 Å². The lowest BCUT2D eigenvalue weighted by atomic mass is 9.91. The Balaban J connectivity index is 2.13. The Bertz CT molecular complexity index is 413. The Morgan fingerprint density at radius 2 is 2.17 bits per heavy atom. The lowest BCUT2D eigenvalue weighted by molar-refractivity contribution is 0.358. The third kappa shape index (κ3) is 2.50. The van der Waals surface area contributed by atoms with Gasteiger partial charge in [0.25, 0.3) is 0 Å². The summed E-state index contributed by atoms with van der Waals surface area (Å²) in [7, 11) is 4.15. The Labute approximate surface area is 118 Å². The Kier molecular flexibility index (Phi) is 4.49. The summed E-state index contributed by atoms with van der Waals surface area (Å²) >= 11 is 3.72. The van der Waals surface area contributed by atoms with E-state index in [0.717, 1.165) is 24.7 Å². The van der Waals surface area contributed by atoms with Crippen molar-refractivity contribution in [3.8, 4) is 0 Å². The van der Waals surface area contributed by atoms with Crippen LogP contribution in [0.4, 0.5) is 0 Å². The fourth-order valence-corrected chi connectivity index (χ4v) is 4.01. The van der Waals surface area contributed by atoms with Crippen LogP contribution < -0.4 is 5.32 Å². The van der Waals surface area contributed by atoms with Crippen LogP contribution >= 0.6 is 15.9 Å². The average Bonchev–Trinajstić information content (AvgIpc) is 2.84. The zero-order valence-corrected chi connectivity index (χ0v) is 13.4. The molecule has 0 radical (unpaired) electrons. The molecule has 2 rings (SSSR count). The molecular weight excluding hydrogens is 290 g/mol. The van der Waals surface area contributed by atoms with Crippen molar-refractivity contribution in [2.45, 2.75) is 45.6 Å². The molecule has 1 aromatic rings. The Morgan fingerprint density at radius 3 is 2.67 bits per heavy atom. The first-order chi connectivity index (χ1) is 8.58. The van der Waals surface area contributed by atoms with Gasteiger partial charge in [0, 0.05) is 13.1 Å². The molecule has 0 aromatic carbocycles. The van der Waals surface area contributed by atoms with Crippen molar-refractivity contribution in [3.63, 3.8) is 0 Å². The largest absolute Gasteiger partial charge is 0.317 e. The van der Waals surface area contributed by atoms with E-state index >= 15 is 0 Å². The summed E-state index contributed by atoms with van der Waals surface area (Å²) in [5, 5.41) is 8.03. The minimum Gasteiger partial charge on any atom is -0.317 e. The maximum atomic E-state index is 4.59. The predicted molar refractivity (Wildman–Crippen MR) is 78.7 cm³/mol. The van der Waals surface area contributed by atoms with Crippen LogP contribution in [0.5, 0.6) is 0 Å². The summed E-state index contributed by atoms with van der Waals surface area (Å²) in [5.41, 5.74) is 2.55. The highest BCUT2D eigenvalue weighted by molar-refractivity contribution is 9.10. The van der Waals surface area contributed by atoms with Crippen LogP contribution in [-0.2, 0) is 19.9 Å². The molecule has 0 bridgehead atoms. The van der Waals surface area contributed by atoms with Gasteiger partial charge in [-0.2, -0.15) is 5.10 Å². The van der Waals surface area contributed by atoms with Crippen molar-refractivity contribution in [1.82, 2.24) is 15.1 Å². The fourth-order valence-electron chi connectivity index (χ4n) is 3.23. The quantitative estimate of drug-likeness (QED) is 0.926. The monoisotopic (exact) mass is 313 g/mol. The zero-order valence-electron chi connectivity index (χ0n) is 11.8. The van der Waals surface area contributed by atoms with Gasteiger partial charge in [-0.3, -0.25) is 4.68 Å². The van der Waals surface area contributed by atoms with Crippen molar-refractivity contribution in [1.29, 1.82) is 0 Å². The van der Waals surface area contributed by atoms with E-state index < -0.39 is 0 Å². The molecule has 0 aliphatic heterocycles. The van der Waals surface area contributed by atoms with Gasteiger partial charge in [-0.25, -0.2) is 0 Å². The predicted octanol–water partition coefficient (Wildman–Crippen LogP) is 2.92. The highest BCUT2D eigenvalue weighted by Gasteiger charge is 2.32. The lowest BCUT2D eigenvalue weighted by Gasteiger charge is -2.20. The van der Waals surface area contributed by atoms with E-state index in [2.05, 4.69) is 59.0 Å². The second kappa shape index (κ2) is 5.74. The highest BCUT2D eigenvalue weighted by atomic mass is 79.9.